The number of rotatable bonds is 4. The van der Waals surface area contributed by atoms with Crippen molar-refractivity contribution in [3.63, 3.8) is 0 Å². The van der Waals surface area contributed by atoms with E-state index in [1.165, 1.54) is 0 Å². The zero-order valence-corrected chi connectivity index (χ0v) is 7.95. The molecule has 0 radical (unpaired) electrons. The highest BCUT2D eigenvalue weighted by molar-refractivity contribution is 5.79. The molecule has 2 unspecified atom stereocenters. The van der Waals surface area contributed by atoms with Gasteiger partial charge in [0.25, 0.3) is 0 Å². The molecule has 1 heterocycles. The SMILES string of the molecule is CCC1OCCC1C(=O)NCCO. The number of hydrogen-bond acceptors (Lipinski definition) is 3. The fourth-order valence-electron chi connectivity index (χ4n) is 1.66. The van der Waals surface area contributed by atoms with Crippen LogP contribution in [0.1, 0.15) is 19.8 Å². The van der Waals surface area contributed by atoms with Crippen LogP contribution in [0.2, 0.25) is 0 Å². The van der Waals surface area contributed by atoms with E-state index in [1.54, 1.807) is 0 Å². The number of amides is 1. The molecule has 13 heavy (non-hydrogen) atoms. The summed E-state index contributed by atoms with van der Waals surface area (Å²) in [5.74, 6) is -0.00468. The van der Waals surface area contributed by atoms with Crippen molar-refractivity contribution in [3.8, 4) is 0 Å². The zero-order chi connectivity index (χ0) is 9.68. The van der Waals surface area contributed by atoms with Gasteiger partial charge in [0.2, 0.25) is 5.91 Å². The van der Waals surface area contributed by atoms with E-state index in [-0.39, 0.29) is 24.5 Å². The molecule has 2 atom stereocenters. The van der Waals surface area contributed by atoms with Gasteiger partial charge >= 0.3 is 0 Å². The van der Waals surface area contributed by atoms with Gasteiger partial charge in [-0.3, -0.25) is 4.79 Å². The first-order valence-electron chi connectivity index (χ1n) is 4.79. The summed E-state index contributed by atoms with van der Waals surface area (Å²) in [7, 11) is 0. The average Bonchev–Trinajstić information content (AvgIpc) is 2.61. The van der Waals surface area contributed by atoms with Crippen molar-refractivity contribution >= 4 is 5.91 Å². The van der Waals surface area contributed by atoms with Crippen LogP contribution in [0.4, 0.5) is 0 Å². The Morgan fingerprint density at radius 1 is 1.69 bits per heavy atom. The van der Waals surface area contributed by atoms with E-state index < -0.39 is 0 Å². The minimum absolute atomic E-state index is 0.00386. The smallest absolute Gasteiger partial charge is 0.225 e. The van der Waals surface area contributed by atoms with Crippen molar-refractivity contribution in [1.82, 2.24) is 5.32 Å². The van der Waals surface area contributed by atoms with Crippen LogP contribution in [0.15, 0.2) is 0 Å². The standard InChI is InChI=1S/C9H17NO3/c1-2-8-7(3-6-13-8)9(12)10-4-5-11/h7-8,11H,2-6H2,1H3,(H,10,12). The van der Waals surface area contributed by atoms with Gasteiger partial charge in [0.05, 0.1) is 18.6 Å². The Balaban J connectivity index is 2.36. The Labute approximate surface area is 78.3 Å². The number of carbonyl (C=O) groups excluding carboxylic acids is 1. The molecule has 0 aromatic rings. The van der Waals surface area contributed by atoms with Crippen LogP contribution >= 0.6 is 0 Å². The molecule has 0 aromatic carbocycles. The molecule has 76 valence electrons. The van der Waals surface area contributed by atoms with E-state index in [4.69, 9.17) is 9.84 Å². The first kappa shape index (κ1) is 10.5. The summed E-state index contributed by atoms with van der Waals surface area (Å²) in [6.07, 6.45) is 1.74. The third kappa shape index (κ3) is 2.67. The summed E-state index contributed by atoms with van der Waals surface area (Å²) < 4.78 is 5.39. The fraction of sp³-hybridized carbons (Fsp3) is 0.889. The Morgan fingerprint density at radius 3 is 3.08 bits per heavy atom. The molecule has 0 aliphatic carbocycles. The van der Waals surface area contributed by atoms with Crippen molar-refractivity contribution in [2.45, 2.75) is 25.9 Å². The van der Waals surface area contributed by atoms with Crippen molar-refractivity contribution in [2.75, 3.05) is 19.8 Å². The maximum absolute atomic E-state index is 11.5. The predicted molar refractivity (Wildman–Crippen MR) is 48.2 cm³/mol. The first-order valence-corrected chi connectivity index (χ1v) is 4.79. The molecule has 1 aliphatic heterocycles. The summed E-state index contributed by atoms with van der Waals surface area (Å²) >= 11 is 0. The van der Waals surface area contributed by atoms with Gasteiger partial charge in [-0.2, -0.15) is 0 Å². The molecule has 0 aromatic heterocycles. The Bertz CT molecular complexity index is 172. The number of aliphatic hydroxyl groups excluding tert-OH is 1. The summed E-state index contributed by atoms with van der Waals surface area (Å²) in [5, 5.41) is 11.2. The van der Waals surface area contributed by atoms with Crippen molar-refractivity contribution < 1.29 is 14.6 Å². The second-order valence-corrected chi connectivity index (χ2v) is 3.23. The number of carbonyl (C=O) groups is 1. The monoisotopic (exact) mass is 187 g/mol. The van der Waals surface area contributed by atoms with Crippen LogP contribution in [0.3, 0.4) is 0 Å². The number of nitrogens with one attached hydrogen (secondary N) is 1. The van der Waals surface area contributed by atoms with E-state index in [0.717, 1.165) is 12.8 Å². The predicted octanol–water partition coefficient (Wildman–Crippen LogP) is -0.0900. The first-order chi connectivity index (χ1) is 6.29. The molecule has 4 heteroatoms. The molecule has 1 fully saturated rings. The molecule has 4 nitrogen and oxygen atoms in total. The number of aliphatic hydroxyl groups is 1. The van der Waals surface area contributed by atoms with Gasteiger partial charge < -0.3 is 15.2 Å². The van der Waals surface area contributed by atoms with Crippen LogP contribution in [0, 0.1) is 5.92 Å². The third-order valence-corrected chi connectivity index (χ3v) is 2.36. The number of hydrogen-bond donors (Lipinski definition) is 2. The van der Waals surface area contributed by atoms with Gasteiger partial charge in [-0.1, -0.05) is 6.92 Å². The highest BCUT2D eigenvalue weighted by atomic mass is 16.5. The van der Waals surface area contributed by atoms with Crippen molar-refractivity contribution in [1.29, 1.82) is 0 Å². The maximum atomic E-state index is 11.5. The van der Waals surface area contributed by atoms with Gasteiger partial charge in [0.1, 0.15) is 0 Å². The van der Waals surface area contributed by atoms with Crippen LogP contribution in [0.5, 0.6) is 0 Å². The minimum Gasteiger partial charge on any atom is -0.395 e. The van der Waals surface area contributed by atoms with Crippen molar-refractivity contribution in [3.05, 3.63) is 0 Å². The van der Waals surface area contributed by atoms with Crippen LogP contribution in [-0.4, -0.2) is 36.9 Å². The third-order valence-electron chi connectivity index (χ3n) is 2.36. The van der Waals surface area contributed by atoms with Crippen molar-refractivity contribution in [2.24, 2.45) is 5.92 Å². The van der Waals surface area contributed by atoms with Crippen LogP contribution < -0.4 is 5.32 Å². The van der Waals surface area contributed by atoms with E-state index in [9.17, 15) is 4.79 Å². The molecular weight excluding hydrogens is 170 g/mol. The van der Waals surface area contributed by atoms with Gasteiger partial charge in [-0.05, 0) is 12.8 Å². The lowest BCUT2D eigenvalue weighted by molar-refractivity contribution is -0.126. The Morgan fingerprint density at radius 2 is 2.46 bits per heavy atom. The zero-order valence-electron chi connectivity index (χ0n) is 7.95. The summed E-state index contributed by atoms with van der Waals surface area (Å²) in [4.78, 5) is 11.5. The van der Waals surface area contributed by atoms with E-state index in [2.05, 4.69) is 5.32 Å². The van der Waals surface area contributed by atoms with Gasteiger partial charge in [-0.25, -0.2) is 0 Å². The maximum Gasteiger partial charge on any atom is 0.225 e. The van der Waals surface area contributed by atoms with Crippen LogP contribution in [0.25, 0.3) is 0 Å². The lowest BCUT2D eigenvalue weighted by atomic mass is 9.99. The summed E-state index contributed by atoms with van der Waals surface area (Å²) in [6.45, 7) is 3.03. The van der Waals surface area contributed by atoms with Gasteiger partial charge in [-0.15, -0.1) is 0 Å². The average molecular weight is 187 g/mol. The molecule has 2 N–H and O–H groups in total. The molecule has 1 saturated heterocycles. The molecule has 0 saturated carbocycles. The fourth-order valence-corrected chi connectivity index (χ4v) is 1.66. The second kappa shape index (κ2) is 5.19. The molecule has 0 spiro atoms. The summed E-state index contributed by atoms with van der Waals surface area (Å²) in [6, 6.07) is 0. The largest absolute Gasteiger partial charge is 0.395 e. The summed E-state index contributed by atoms with van der Waals surface area (Å²) in [5.41, 5.74) is 0. The quantitative estimate of drug-likeness (QED) is 0.646. The minimum atomic E-state index is -0.0171. The van der Waals surface area contributed by atoms with E-state index in [1.807, 2.05) is 6.92 Å². The molecular formula is C9H17NO3. The highest BCUT2D eigenvalue weighted by Gasteiger charge is 2.32. The topological polar surface area (TPSA) is 58.6 Å². The van der Waals surface area contributed by atoms with E-state index in [0.29, 0.717) is 13.2 Å². The molecule has 1 rings (SSSR count). The Hall–Kier alpha value is -0.610. The van der Waals surface area contributed by atoms with Gasteiger partial charge in [0.15, 0.2) is 0 Å². The second-order valence-electron chi connectivity index (χ2n) is 3.23. The van der Waals surface area contributed by atoms with E-state index >= 15 is 0 Å². The highest BCUT2D eigenvalue weighted by Crippen LogP contribution is 2.23. The Kier molecular flexibility index (Phi) is 4.18. The van der Waals surface area contributed by atoms with Gasteiger partial charge in [0, 0.05) is 13.2 Å². The molecule has 1 aliphatic rings. The molecule has 0 bridgehead atoms. The van der Waals surface area contributed by atoms with Crippen LogP contribution in [-0.2, 0) is 9.53 Å². The lowest BCUT2D eigenvalue weighted by Gasteiger charge is -2.15. The lowest BCUT2D eigenvalue weighted by Crippen LogP contribution is -2.36. The normalized spacial score (nSPS) is 27.5. The molecule has 1 amide bonds. The number of ether oxygens (including phenoxy) is 1.